The Kier molecular flexibility index (Phi) is 4.14. The highest BCUT2D eigenvalue weighted by Gasteiger charge is 2.12. The number of rotatable bonds is 4. The lowest BCUT2D eigenvalue weighted by molar-refractivity contribution is 0.594. The van der Waals surface area contributed by atoms with Gasteiger partial charge in [0.25, 0.3) is 0 Å². The SMILES string of the molecule is Cc1ccccc1N(C)N=NS(=O)(=O)c1ccccc1. The average molecular weight is 289 g/mol. The van der Waals surface area contributed by atoms with Crippen LogP contribution in [0.3, 0.4) is 0 Å². The smallest absolute Gasteiger partial charge is 0.249 e. The number of aryl methyl sites for hydroxylation is 1. The van der Waals surface area contributed by atoms with E-state index >= 15 is 0 Å². The van der Waals surface area contributed by atoms with Crippen molar-refractivity contribution in [3.05, 3.63) is 60.2 Å². The van der Waals surface area contributed by atoms with Crippen LogP contribution < -0.4 is 5.01 Å². The third kappa shape index (κ3) is 3.21. The second-order valence-electron chi connectivity index (χ2n) is 4.27. The number of para-hydroxylation sites is 1. The predicted octanol–water partition coefficient (Wildman–Crippen LogP) is 3.19. The second kappa shape index (κ2) is 5.83. The van der Waals surface area contributed by atoms with E-state index in [1.54, 1.807) is 25.2 Å². The van der Waals surface area contributed by atoms with Gasteiger partial charge in [0, 0.05) is 7.05 Å². The van der Waals surface area contributed by atoms with Gasteiger partial charge in [-0.2, -0.15) is 8.42 Å². The van der Waals surface area contributed by atoms with Crippen LogP contribution in [-0.2, 0) is 10.0 Å². The fraction of sp³-hybridized carbons (Fsp3) is 0.143. The summed E-state index contributed by atoms with van der Waals surface area (Å²) in [4.78, 5) is 0.127. The average Bonchev–Trinajstić information content (AvgIpc) is 2.46. The van der Waals surface area contributed by atoms with E-state index in [9.17, 15) is 8.42 Å². The first-order valence-corrected chi connectivity index (χ1v) is 7.47. The topological polar surface area (TPSA) is 62.1 Å². The highest BCUT2D eigenvalue weighted by molar-refractivity contribution is 7.90. The van der Waals surface area contributed by atoms with Crippen LogP contribution in [-0.4, -0.2) is 15.5 Å². The highest BCUT2D eigenvalue weighted by atomic mass is 32.2. The Balaban J connectivity index is 2.24. The standard InChI is InChI=1S/C14H15N3O2S/c1-12-8-6-7-11-14(12)17(2)15-16-20(18,19)13-9-4-3-5-10-13/h3-11H,1-2H3. The van der Waals surface area contributed by atoms with Crippen LogP contribution in [0.25, 0.3) is 0 Å². The van der Waals surface area contributed by atoms with Gasteiger partial charge in [-0.05, 0) is 35.2 Å². The van der Waals surface area contributed by atoms with Crippen molar-refractivity contribution in [2.24, 2.45) is 9.74 Å². The Morgan fingerprint density at radius 2 is 1.55 bits per heavy atom. The normalized spacial score (nSPS) is 11.7. The first-order chi connectivity index (χ1) is 9.50. The molecule has 0 aliphatic rings. The zero-order chi connectivity index (χ0) is 14.6. The van der Waals surface area contributed by atoms with Crippen molar-refractivity contribution in [3.8, 4) is 0 Å². The van der Waals surface area contributed by atoms with E-state index in [0.717, 1.165) is 11.3 Å². The minimum Gasteiger partial charge on any atom is -0.249 e. The number of nitrogens with zero attached hydrogens (tertiary/aromatic N) is 3. The molecule has 0 N–H and O–H groups in total. The molecule has 0 bridgehead atoms. The second-order valence-corrected chi connectivity index (χ2v) is 5.85. The highest BCUT2D eigenvalue weighted by Crippen LogP contribution is 2.19. The van der Waals surface area contributed by atoms with Gasteiger partial charge < -0.3 is 0 Å². The number of hydrogen-bond donors (Lipinski definition) is 0. The Morgan fingerprint density at radius 1 is 0.950 bits per heavy atom. The van der Waals surface area contributed by atoms with Gasteiger partial charge in [0.1, 0.15) is 0 Å². The fourth-order valence-corrected chi connectivity index (χ4v) is 2.52. The number of benzene rings is 2. The number of hydrogen-bond acceptors (Lipinski definition) is 3. The van der Waals surface area contributed by atoms with E-state index in [-0.39, 0.29) is 4.90 Å². The lowest BCUT2D eigenvalue weighted by Crippen LogP contribution is -2.10. The third-order valence-corrected chi connectivity index (χ3v) is 3.94. The maximum atomic E-state index is 12.0. The first-order valence-electron chi connectivity index (χ1n) is 6.03. The van der Waals surface area contributed by atoms with Crippen molar-refractivity contribution in [3.63, 3.8) is 0 Å². The van der Waals surface area contributed by atoms with Crippen molar-refractivity contribution >= 4 is 15.7 Å². The summed E-state index contributed by atoms with van der Waals surface area (Å²) in [6.07, 6.45) is 0. The molecular weight excluding hydrogens is 274 g/mol. The molecule has 20 heavy (non-hydrogen) atoms. The molecule has 2 aromatic rings. The van der Waals surface area contributed by atoms with Crippen molar-refractivity contribution in [1.29, 1.82) is 0 Å². The van der Waals surface area contributed by atoms with Crippen molar-refractivity contribution < 1.29 is 8.42 Å². The predicted molar refractivity (Wildman–Crippen MR) is 78.1 cm³/mol. The molecule has 0 amide bonds. The quantitative estimate of drug-likeness (QED) is 0.641. The zero-order valence-corrected chi connectivity index (χ0v) is 12.1. The molecule has 0 aromatic heterocycles. The van der Waals surface area contributed by atoms with Crippen LogP contribution in [0.1, 0.15) is 5.56 Å². The van der Waals surface area contributed by atoms with Crippen LogP contribution in [0.5, 0.6) is 0 Å². The Hall–Kier alpha value is -2.21. The zero-order valence-electron chi connectivity index (χ0n) is 11.3. The van der Waals surface area contributed by atoms with Gasteiger partial charge in [0.15, 0.2) is 0 Å². The van der Waals surface area contributed by atoms with Crippen LogP contribution >= 0.6 is 0 Å². The molecule has 2 aromatic carbocycles. The van der Waals surface area contributed by atoms with Crippen molar-refractivity contribution in [2.45, 2.75) is 11.8 Å². The van der Waals surface area contributed by atoms with E-state index < -0.39 is 10.0 Å². The summed E-state index contributed by atoms with van der Waals surface area (Å²) in [5.74, 6) is 0. The Bertz CT molecular complexity index is 712. The molecular formula is C14H15N3O2S. The Morgan fingerprint density at radius 3 is 2.20 bits per heavy atom. The van der Waals surface area contributed by atoms with E-state index in [1.807, 2.05) is 31.2 Å². The molecule has 2 rings (SSSR count). The summed E-state index contributed by atoms with van der Waals surface area (Å²) in [5, 5.41) is 5.21. The largest absolute Gasteiger partial charge is 0.301 e. The van der Waals surface area contributed by atoms with E-state index in [4.69, 9.17) is 0 Å². The summed E-state index contributed by atoms with van der Waals surface area (Å²) < 4.78 is 27.4. The molecule has 5 nitrogen and oxygen atoms in total. The molecule has 6 heteroatoms. The lowest BCUT2D eigenvalue weighted by atomic mass is 10.2. The molecule has 0 heterocycles. The molecule has 0 atom stereocenters. The van der Waals surface area contributed by atoms with Crippen LogP contribution in [0, 0.1) is 6.92 Å². The van der Waals surface area contributed by atoms with Gasteiger partial charge in [0.2, 0.25) is 0 Å². The van der Waals surface area contributed by atoms with Gasteiger partial charge in [-0.15, -0.1) is 0 Å². The molecule has 0 radical (unpaired) electrons. The molecule has 0 unspecified atom stereocenters. The van der Waals surface area contributed by atoms with E-state index in [0.29, 0.717) is 0 Å². The van der Waals surface area contributed by atoms with Gasteiger partial charge >= 0.3 is 10.0 Å². The first kappa shape index (κ1) is 14.2. The monoisotopic (exact) mass is 289 g/mol. The van der Waals surface area contributed by atoms with Gasteiger partial charge in [0.05, 0.1) is 10.6 Å². The Labute approximate surface area is 118 Å². The summed E-state index contributed by atoms with van der Waals surface area (Å²) in [6.45, 7) is 1.92. The minimum absolute atomic E-state index is 0.127. The van der Waals surface area contributed by atoms with Crippen LogP contribution in [0.15, 0.2) is 69.2 Å². The maximum Gasteiger partial charge on any atom is 0.301 e. The summed E-state index contributed by atoms with van der Waals surface area (Å²) in [7, 11) is -2.10. The summed E-state index contributed by atoms with van der Waals surface area (Å²) in [6, 6.07) is 15.6. The number of sulfonamides is 1. The molecule has 104 valence electrons. The summed E-state index contributed by atoms with van der Waals surface area (Å²) in [5.41, 5.74) is 1.80. The van der Waals surface area contributed by atoms with Crippen LogP contribution in [0.2, 0.25) is 0 Å². The van der Waals surface area contributed by atoms with Gasteiger partial charge in [-0.25, -0.2) is 5.01 Å². The van der Waals surface area contributed by atoms with E-state index in [2.05, 4.69) is 9.74 Å². The van der Waals surface area contributed by atoms with Crippen molar-refractivity contribution in [2.75, 3.05) is 12.1 Å². The number of anilines is 1. The lowest BCUT2D eigenvalue weighted by Gasteiger charge is -2.13. The van der Waals surface area contributed by atoms with Gasteiger partial charge in [-0.1, -0.05) is 41.6 Å². The van der Waals surface area contributed by atoms with Crippen LogP contribution in [0.4, 0.5) is 5.69 Å². The molecule has 0 saturated carbocycles. The third-order valence-electron chi connectivity index (χ3n) is 2.78. The molecule has 0 aliphatic heterocycles. The van der Waals surface area contributed by atoms with E-state index in [1.165, 1.54) is 17.1 Å². The minimum atomic E-state index is -3.76. The summed E-state index contributed by atoms with van der Waals surface area (Å²) >= 11 is 0. The van der Waals surface area contributed by atoms with Gasteiger partial charge in [-0.3, -0.25) is 0 Å². The molecule has 0 saturated heterocycles. The molecule has 0 fully saturated rings. The molecule has 0 aliphatic carbocycles. The van der Waals surface area contributed by atoms with Crippen molar-refractivity contribution in [1.82, 2.24) is 0 Å². The fourth-order valence-electron chi connectivity index (χ4n) is 1.72. The maximum absolute atomic E-state index is 12.0. The molecule has 0 spiro atoms.